The summed E-state index contributed by atoms with van der Waals surface area (Å²) in [5.41, 5.74) is 3.62. The summed E-state index contributed by atoms with van der Waals surface area (Å²) in [4.78, 5) is 15.9. The molecule has 0 bridgehead atoms. The van der Waals surface area contributed by atoms with Crippen molar-refractivity contribution in [3.63, 3.8) is 0 Å². The highest BCUT2D eigenvalue weighted by Gasteiger charge is 2.26. The van der Waals surface area contributed by atoms with Crippen LogP contribution in [-0.2, 0) is 19.5 Å². The molecule has 0 N–H and O–H groups in total. The quantitative estimate of drug-likeness (QED) is 0.738. The Morgan fingerprint density at radius 1 is 1.00 bits per heavy atom. The van der Waals surface area contributed by atoms with Gasteiger partial charge in [0.05, 0.1) is 18.1 Å². The van der Waals surface area contributed by atoms with Crippen LogP contribution in [0, 0.1) is 0 Å². The highest BCUT2D eigenvalue weighted by Crippen LogP contribution is 2.30. The molecule has 3 aromatic heterocycles. The number of hydrogen-bond acceptors (Lipinski definition) is 4. The van der Waals surface area contributed by atoms with Crippen LogP contribution in [0.1, 0.15) is 48.8 Å². The molecule has 3 aromatic rings. The van der Waals surface area contributed by atoms with E-state index < -0.39 is 0 Å². The second kappa shape index (κ2) is 6.26. The standard InChI is InChI=1S/C19H24N6/c1-2-7-25-16(3-1)11-22-19(25)15-4-8-23(9-5-15)14-17-12-21-18-13-20-6-10-24(17)18/h6,10-13,15H,1-5,7-9,14H2. The van der Waals surface area contributed by atoms with Gasteiger partial charge in [-0.1, -0.05) is 0 Å². The molecule has 0 saturated carbocycles. The molecule has 5 heterocycles. The van der Waals surface area contributed by atoms with Crippen molar-refractivity contribution in [2.45, 2.75) is 51.1 Å². The lowest BCUT2D eigenvalue weighted by molar-refractivity contribution is 0.197. The second-order valence-electron chi connectivity index (χ2n) is 7.32. The monoisotopic (exact) mass is 336 g/mol. The van der Waals surface area contributed by atoms with E-state index in [9.17, 15) is 0 Å². The van der Waals surface area contributed by atoms with Gasteiger partial charge in [0, 0.05) is 43.3 Å². The molecule has 25 heavy (non-hydrogen) atoms. The molecule has 130 valence electrons. The molecule has 0 amide bonds. The van der Waals surface area contributed by atoms with Crippen LogP contribution >= 0.6 is 0 Å². The Kier molecular flexibility index (Phi) is 3.77. The minimum absolute atomic E-state index is 0.620. The van der Waals surface area contributed by atoms with Crippen LogP contribution in [-0.4, -0.2) is 41.9 Å². The first-order valence-corrected chi connectivity index (χ1v) is 9.41. The molecule has 1 saturated heterocycles. The van der Waals surface area contributed by atoms with E-state index >= 15 is 0 Å². The molecule has 5 rings (SSSR count). The number of hydrogen-bond donors (Lipinski definition) is 0. The third kappa shape index (κ3) is 2.74. The number of aryl methyl sites for hydroxylation is 1. The van der Waals surface area contributed by atoms with Crippen molar-refractivity contribution >= 4 is 5.65 Å². The largest absolute Gasteiger partial charge is 0.332 e. The molecule has 0 atom stereocenters. The van der Waals surface area contributed by atoms with Gasteiger partial charge in [0.1, 0.15) is 5.82 Å². The van der Waals surface area contributed by atoms with Crippen LogP contribution in [0.4, 0.5) is 0 Å². The average Bonchev–Trinajstić information content (AvgIpc) is 3.27. The van der Waals surface area contributed by atoms with Crippen LogP contribution in [0.2, 0.25) is 0 Å². The van der Waals surface area contributed by atoms with Gasteiger partial charge < -0.3 is 4.57 Å². The topological polar surface area (TPSA) is 51.2 Å². The Morgan fingerprint density at radius 2 is 1.92 bits per heavy atom. The van der Waals surface area contributed by atoms with Crippen molar-refractivity contribution in [2.75, 3.05) is 13.1 Å². The molecule has 0 aromatic carbocycles. The molecule has 0 aliphatic carbocycles. The van der Waals surface area contributed by atoms with Crippen molar-refractivity contribution < 1.29 is 0 Å². The third-order valence-corrected chi connectivity index (χ3v) is 5.77. The van der Waals surface area contributed by atoms with E-state index in [1.54, 1.807) is 0 Å². The zero-order valence-corrected chi connectivity index (χ0v) is 14.5. The Labute approximate surface area is 147 Å². The Balaban J connectivity index is 1.26. The van der Waals surface area contributed by atoms with E-state index in [0.717, 1.165) is 25.3 Å². The number of imidazole rings is 2. The zero-order chi connectivity index (χ0) is 16.6. The summed E-state index contributed by atoms with van der Waals surface area (Å²) < 4.78 is 4.64. The fraction of sp³-hybridized carbons (Fsp3) is 0.526. The van der Waals surface area contributed by atoms with E-state index in [4.69, 9.17) is 4.98 Å². The maximum absolute atomic E-state index is 4.79. The van der Waals surface area contributed by atoms with E-state index in [2.05, 4.69) is 30.0 Å². The Bertz CT molecular complexity index is 871. The van der Waals surface area contributed by atoms with Gasteiger partial charge in [0.25, 0.3) is 0 Å². The van der Waals surface area contributed by atoms with E-state index in [-0.39, 0.29) is 0 Å². The predicted molar refractivity (Wildman–Crippen MR) is 95.4 cm³/mol. The molecular formula is C19H24N6. The van der Waals surface area contributed by atoms with Crippen LogP contribution in [0.25, 0.3) is 5.65 Å². The predicted octanol–water partition coefficient (Wildman–Crippen LogP) is 2.64. The van der Waals surface area contributed by atoms with Gasteiger partial charge in [-0.2, -0.15) is 0 Å². The summed E-state index contributed by atoms with van der Waals surface area (Å²) in [6.45, 7) is 4.38. The van der Waals surface area contributed by atoms with Gasteiger partial charge in [0.15, 0.2) is 5.65 Å². The lowest BCUT2D eigenvalue weighted by Gasteiger charge is -2.32. The van der Waals surface area contributed by atoms with Crippen LogP contribution in [0.15, 0.2) is 31.0 Å². The smallest absolute Gasteiger partial charge is 0.155 e. The van der Waals surface area contributed by atoms with Crippen LogP contribution < -0.4 is 0 Å². The molecule has 0 spiro atoms. The maximum Gasteiger partial charge on any atom is 0.155 e. The summed E-state index contributed by atoms with van der Waals surface area (Å²) in [6.07, 6.45) is 16.0. The molecule has 2 aliphatic rings. The minimum Gasteiger partial charge on any atom is -0.332 e. The lowest BCUT2D eigenvalue weighted by atomic mass is 9.95. The first-order valence-electron chi connectivity index (χ1n) is 9.41. The highest BCUT2D eigenvalue weighted by atomic mass is 15.2. The molecule has 6 nitrogen and oxygen atoms in total. The molecule has 6 heteroatoms. The average molecular weight is 336 g/mol. The number of nitrogens with zero attached hydrogens (tertiary/aromatic N) is 6. The van der Waals surface area contributed by atoms with Crippen molar-refractivity contribution in [3.05, 3.63) is 48.2 Å². The number of rotatable bonds is 3. The Morgan fingerprint density at radius 3 is 2.84 bits per heavy atom. The van der Waals surface area contributed by atoms with Gasteiger partial charge >= 0.3 is 0 Å². The molecule has 1 fully saturated rings. The van der Waals surface area contributed by atoms with Crippen molar-refractivity contribution in [3.8, 4) is 0 Å². The summed E-state index contributed by atoms with van der Waals surface area (Å²) in [6, 6.07) is 0. The van der Waals surface area contributed by atoms with Gasteiger partial charge in [-0.3, -0.25) is 14.3 Å². The van der Waals surface area contributed by atoms with Crippen LogP contribution in [0.3, 0.4) is 0 Å². The SMILES string of the molecule is c1cn2c(CN3CCC(c4ncc5n4CCCC5)CC3)cnc2cn1. The summed E-state index contributed by atoms with van der Waals surface area (Å²) in [5, 5.41) is 0. The normalized spacial score (nSPS) is 19.4. The van der Waals surface area contributed by atoms with Gasteiger partial charge in [-0.15, -0.1) is 0 Å². The molecule has 2 aliphatic heterocycles. The first-order chi connectivity index (χ1) is 12.4. The van der Waals surface area contributed by atoms with Crippen molar-refractivity contribution in [2.24, 2.45) is 0 Å². The van der Waals surface area contributed by atoms with Crippen molar-refractivity contribution in [1.29, 1.82) is 0 Å². The summed E-state index contributed by atoms with van der Waals surface area (Å²) in [7, 11) is 0. The Hall–Kier alpha value is -2.21. The molecule has 0 unspecified atom stereocenters. The second-order valence-corrected chi connectivity index (χ2v) is 7.32. The van der Waals surface area contributed by atoms with Crippen molar-refractivity contribution in [1.82, 2.24) is 28.8 Å². The minimum atomic E-state index is 0.620. The van der Waals surface area contributed by atoms with Gasteiger partial charge in [0.2, 0.25) is 0 Å². The third-order valence-electron chi connectivity index (χ3n) is 5.77. The number of aromatic nitrogens is 5. The fourth-order valence-corrected chi connectivity index (χ4v) is 4.38. The number of piperidine rings is 1. The summed E-state index contributed by atoms with van der Waals surface area (Å²) >= 11 is 0. The lowest BCUT2D eigenvalue weighted by Crippen LogP contribution is -2.33. The fourth-order valence-electron chi connectivity index (χ4n) is 4.38. The summed E-state index contributed by atoms with van der Waals surface area (Å²) in [5.74, 6) is 1.96. The first kappa shape index (κ1) is 15.1. The zero-order valence-electron chi connectivity index (χ0n) is 14.5. The van der Waals surface area contributed by atoms with E-state index in [0.29, 0.717) is 5.92 Å². The van der Waals surface area contributed by atoms with E-state index in [1.807, 2.05) is 24.8 Å². The van der Waals surface area contributed by atoms with Gasteiger partial charge in [-0.25, -0.2) is 9.97 Å². The molecule has 0 radical (unpaired) electrons. The van der Waals surface area contributed by atoms with E-state index in [1.165, 1.54) is 55.9 Å². The highest BCUT2D eigenvalue weighted by molar-refractivity contribution is 5.36. The maximum atomic E-state index is 4.79. The number of likely N-dealkylation sites (tertiary alicyclic amines) is 1. The molecular weight excluding hydrogens is 312 g/mol. The van der Waals surface area contributed by atoms with Crippen LogP contribution in [0.5, 0.6) is 0 Å². The number of fused-ring (bicyclic) bond motifs is 2. The van der Waals surface area contributed by atoms with Gasteiger partial charge in [-0.05, 0) is 45.2 Å².